The van der Waals surface area contributed by atoms with E-state index in [2.05, 4.69) is 23.2 Å². The minimum absolute atomic E-state index is 0.400. The van der Waals surface area contributed by atoms with Gasteiger partial charge in [0.15, 0.2) is 0 Å². The summed E-state index contributed by atoms with van der Waals surface area (Å²) in [5, 5.41) is 17.6. The second-order valence-electron chi connectivity index (χ2n) is 4.89. The van der Waals surface area contributed by atoms with Gasteiger partial charge in [-0.25, -0.2) is 0 Å². The number of nitriles is 1. The molecule has 0 aliphatic rings. The topological polar surface area (TPSA) is 58.8 Å². The molecule has 110 valence electrons. The second-order valence-corrected chi connectivity index (χ2v) is 4.89. The number of hydrogen-bond acceptors (Lipinski definition) is 4. The lowest BCUT2D eigenvalue weighted by atomic mass is 10.0. The van der Waals surface area contributed by atoms with E-state index in [0.717, 1.165) is 36.9 Å². The van der Waals surface area contributed by atoms with Crippen molar-refractivity contribution in [2.75, 3.05) is 6.61 Å². The number of nitrogens with zero attached hydrogens (tertiary/aromatic N) is 3. The Hall–Kier alpha value is -1.63. The van der Waals surface area contributed by atoms with Gasteiger partial charge in [-0.1, -0.05) is 46.5 Å². The van der Waals surface area contributed by atoms with Crippen LogP contribution in [0.3, 0.4) is 0 Å². The molecule has 0 saturated heterocycles. The van der Waals surface area contributed by atoms with Crippen LogP contribution in [0, 0.1) is 11.3 Å². The van der Waals surface area contributed by atoms with Crippen molar-refractivity contribution in [2.45, 2.75) is 65.7 Å². The Morgan fingerprint density at radius 1 is 1.00 bits per heavy atom. The smallest absolute Gasteiger partial charge is 0.251 e. The minimum Gasteiger partial charge on any atom is -0.476 e. The first-order chi connectivity index (χ1) is 9.78. The molecular weight excluding hydrogens is 250 g/mol. The van der Waals surface area contributed by atoms with Crippen molar-refractivity contribution in [1.82, 2.24) is 10.2 Å². The van der Waals surface area contributed by atoms with Crippen molar-refractivity contribution in [3.05, 3.63) is 16.8 Å². The zero-order chi connectivity index (χ0) is 14.8. The molecule has 4 heteroatoms. The molecule has 0 amide bonds. The van der Waals surface area contributed by atoms with Crippen molar-refractivity contribution in [2.24, 2.45) is 0 Å². The van der Waals surface area contributed by atoms with E-state index in [4.69, 9.17) is 4.74 Å². The largest absolute Gasteiger partial charge is 0.476 e. The van der Waals surface area contributed by atoms with E-state index in [1.54, 1.807) is 0 Å². The summed E-state index contributed by atoms with van der Waals surface area (Å²) in [6, 6.07) is 2.22. The molecule has 0 bridgehead atoms. The number of aryl methyl sites for hydroxylation is 1. The van der Waals surface area contributed by atoms with Gasteiger partial charge in [0.25, 0.3) is 5.88 Å². The van der Waals surface area contributed by atoms with Gasteiger partial charge in [-0.15, -0.1) is 5.10 Å². The molecule has 20 heavy (non-hydrogen) atoms. The lowest BCUT2D eigenvalue weighted by Gasteiger charge is -2.11. The van der Waals surface area contributed by atoms with Gasteiger partial charge in [0, 0.05) is 0 Å². The molecular formula is C16H25N3O. The number of aromatic nitrogens is 2. The average molecular weight is 275 g/mol. The highest BCUT2D eigenvalue weighted by Crippen LogP contribution is 2.21. The third kappa shape index (κ3) is 4.48. The first kappa shape index (κ1) is 16.4. The average Bonchev–Trinajstić information content (AvgIpc) is 2.49. The molecule has 0 aliphatic carbocycles. The van der Waals surface area contributed by atoms with Crippen LogP contribution in [-0.4, -0.2) is 16.8 Å². The molecule has 1 heterocycles. The lowest BCUT2D eigenvalue weighted by Crippen LogP contribution is -2.08. The molecule has 0 atom stereocenters. The molecule has 4 nitrogen and oxygen atoms in total. The Bertz CT molecular complexity index is 452. The fourth-order valence-electron chi connectivity index (χ4n) is 2.25. The first-order valence-corrected chi connectivity index (χ1v) is 7.69. The fourth-order valence-corrected chi connectivity index (χ4v) is 2.25. The van der Waals surface area contributed by atoms with Crippen LogP contribution in [0.2, 0.25) is 0 Å². The zero-order valence-corrected chi connectivity index (χ0v) is 12.9. The van der Waals surface area contributed by atoms with Crippen LogP contribution in [0.1, 0.15) is 69.7 Å². The standard InChI is InChI=1S/C16H25N3O/c1-4-7-8-9-10-11-20-16-14(12-17)13(5-2)15(6-3)18-19-16/h4-11H2,1-3H3. The Morgan fingerprint density at radius 2 is 1.75 bits per heavy atom. The molecule has 0 spiro atoms. The SMILES string of the molecule is CCCCCCCOc1nnc(CC)c(CC)c1C#N. The van der Waals surface area contributed by atoms with Gasteiger partial charge >= 0.3 is 0 Å². The minimum atomic E-state index is 0.400. The fraction of sp³-hybridized carbons (Fsp3) is 0.688. The normalized spacial score (nSPS) is 10.3. The Balaban J connectivity index is 2.64. The molecule has 0 radical (unpaired) electrons. The summed E-state index contributed by atoms with van der Waals surface area (Å²) in [6.07, 6.45) is 7.50. The summed E-state index contributed by atoms with van der Waals surface area (Å²) in [5.41, 5.74) is 2.44. The highest BCUT2D eigenvalue weighted by molar-refractivity contribution is 5.46. The van der Waals surface area contributed by atoms with E-state index in [9.17, 15) is 5.26 Å². The number of rotatable bonds is 9. The summed E-state index contributed by atoms with van der Waals surface area (Å²) >= 11 is 0. The lowest BCUT2D eigenvalue weighted by molar-refractivity contribution is 0.288. The summed E-state index contributed by atoms with van der Waals surface area (Å²) < 4.78 is 5.65. The van der Waals surface area contributed by atoms with Gasteiger partial charge in [0.05, 0.1) is 12.3 Å². The molecule has 0 N–H and O–H groups in total. The maximum atomic E-state index is 9.33. The van der Waals surface area contributed by atoms with Crippen LogP contribution in [0.4, 0.5) is 0 Å². The monoisotopic (exact) mass is 275 g/mol. The van der Waals surface area contributed by atoms with Crippen molar-refractivity contribution < 1.29 is 4.74 Å². The number of hydrogen-bond donors (Lipinski definition) is 0. The molecule has 1 aromatic heterocycles. The van der Waals surface area contributed by atoms with E-state index in [-0.39, 0.29) is 0 Å². The highest BCUT2D eigenvalue weighted by atomic mass is 16.5. The predicted octanol–water partition coefficient (Wildman–Crippen LogP) is 3.82. The molecule has 0 saturated carbocycles. The van der Waals surface area contributed by atoms with Gasteiger partial charge in [0.1, 0.15) is 11.6 Å². The summed E-state index contributed by atoms with van der Waals surface area (Å²) in [4.78, 5) is 0. The van der Waals surface area contributed by atoms with E-state index >= 15 is 0 Å². The second kappa shape index (κ2) is 9.30. The van der Waals surface area contributed by atoms with E-state index in [0.29, 0.717) is 18.1 Å². The summed E-state index contributed by atoms with van der Waals surface area (Å²) in [7, 11) is 0. The Morgan fingerprint density at radius 3 is 2.35 bits per heavy atom. The van der Waals surface area contributed by atoms with Crippen molar-refractivity contribution in [1.29, 1.82) is 5.26 Å². The van der Waals surface area contributed by atoms with Crippen LogP contribution < -0.4 is 4.74 Å². The number of ether oxygens (including phenoxy) is 1. The molecule has 0 aromatic carbocycles. The third-order valence-corrected chi connectivity index (χ3v) is 3.41. The molecule has 1 rings (SSSR count). The van der Waals surface area contributed by atoms with Crippen LogP contribution >= 0.6 is 0 Å². The van der Waals surface area contributed by atoms with Crippen LogP contribution in [0.5, 0.6) is 5.88 Å². The quantitative estimate of drug-likeness (QED) is 0.643. The van der Waals surface area contributed by atoms with Gasteiger partial charge in [0.2, 0.25) is 0 Å². The molecule has 0 aliphatic heterocycles. The van der Waals surface area contributed by atoms with Gasteiger partial charge < -0.3 is 4.74 Å². The Labute approximate surface area is 122 Å². The first-order valence-electron chi connectivity index (χ1n) is 7.69. The van der Waals surface area contributed by atoms with Crippen molar-refractivity contribution >= 4 is 0 Å². The predicted molar refractivity (Wildman–Crippen MR) is 79.8 cm³/mol. The molecule has 1 aromatic rings. The third-order valence-electron chi connectivity index (χ3n) is 3.41. The van der Waals surface area contributed by atoms with E-state index in [1.807, 2.05) is 13.8 Å². The van der Waals surface area contributed by atoms with Gasteiger partial charge in [-0.05, 0) is 24.8 Å². The van der Waals surface area contributed by atoms with E-state index < -0.39 is 0 Å². The van der Waals surface area contributed by atoms with Crippen molar-refractivity contribution in [3.63, 3.8) is 0 Å². The van der Waals surface area contributed by atoms with Crippen LogP contribution in [0.15, 0.2) is 0 Å². The van der Waals surface area contributed by atoms with Crippen molar-refractivity contribution in [3.8, 4) is 11.9 Å². The maximum Gasteiger partial charge on any atom is 0.251 e. The van der Waals surface area contributed by atoms with Gasteiger partial charge in [-0.3, -0.25) is 0 Å². The summed E-state index contributed by atoms with van der Waals surface area (Å²) in [6.45, 7) is 6.87. The molecule has 0 fully saturated rings. The van der Waals surface area contributed by atoms with Crippen LogP contribution in [-0.2, 0) is 12.8 Å². The maximum absolute atomic E-state index is 9.33. The number of unbranched alkanes of at least 4 members (excludes halogenated alkanes) is 4. The zero-order valence-electron chi connectivity index (χ0n) is 12.9. The molecule has 0 unspecified atom stereocenters. The van der Waals surface area contributed by atoms with E-state index in [1.165, 1.54) is 19.3 Å². The highest BCUT2D eigenvalue weighted by Gasteiger charge is 2.15. The Kier molecular flexibility index (Phi) is 7.64. The van der Waals surface area contributed by atoms with Crippen LogP contribution in [0.25, 0.3) is 0 Å². The summed E-state index contributed by atoms with van der Waals surface area (Å²) in [5.74, 6) is 0.400. The van der Waals surface area contributed by atoms with Gasteiger partial charge in [-0.2, -0.15) is 10.4 Å².